The number of amides is 1. The zero-order chi connectivity index (χ0) is 14.8. The van der Waals surface area contributed by atoms with Crippen molar-refractivity contribution >= 4 is 17.5 Å². The Labute approximate surface area is 120 Å². The van der Waals surface area contributed by atoms with Gasteiger partial charge in [-0.1, -0.05) is 6.07 Å². The van der Waals surface area contributed by atoms with E-state index in [4.69, 9.17) is 11.6 Å². The van der Waals surface area contributed by atoms with Crippen molar-refractivity contribution in [1.82, 2.24) is 4.90 Å². The SMILES string of the molecule is O=C(c1cccc(C(F)(F)F)c1)N(CCCl)C1CCC1. The van der Waals surface area contributed by atoms with Gasteiger partial charge in [0.2, 0.25) is 0 Å². The Hall–Kier alpha value is -1.23. The van der Waals surface area contributed by atoms with Crippen LogP contribution in [0.2, 0.25) is 0 Å². The highest BCUT2D eigenvalue weighted by Crippen LogP contribution is 2.31. The highest BCUT2D eigenvalue weighted by atomic mass is 35.5. The van der Waals surface area contributed by atoms with Crippen LogP contribution in [-0.2, 0) is 6.18 Å². The third-order valence-electron chi connectivity index (χ3n) is 3.54. The molecule has 0 saturated heterocycles. The largest absolute Gasteiger partial charge is 0.416 e. The first-order valence-corrected chi connectivity index (χ1v) is 7.01. The molecular formula is C14H15ClF3NO. The maximum absolute atomic E-state index is 12.7. The van der Waals surface area contributed by atoms with Crippen molar-refractivity contribution in [2.75, 3.05) is 12.4 Å². The van der Waals surface area contributed by atoms with Gasteiger partial charge in [0.05, 0.1) is 5.56 Å². The molecule has 0 atom stereocenters. The minimum atomic E-state index is -4.44. The summed E-state index contributed by atoms with van der Waals surface area (Å²) in [6, 6.07) is 4.65. The normalized spacial score (nSPS) is 15.8. The van der Waals surface area contributed by atoms with Gasteiger partial charge >= 0.3 is 6.18 Å². The first-order valence-electron chi connectivity index (χ1n) is 6.47. The molecule has 6 heteroatoms. The summed E-state index contributed by atoms with van der Waals surface area (Å²) in [6.07, 6.45) is -1.62. The molecule has 0 radical (unpaired) electrons. The molecule has 1 saturated carbocycles. The van der Waals surface area contributed by atoms with E-state index in [1.165, 1.54) is 12.1 Å². The van der Waals surface area contributed by atoms with Crippen LogP contribution in [0.15, 0.2) is 24.3 Å². The summed E-state index contributed by atoms with van der Waals surface area (Å²) in [5, 5.41) is 0. The number of benzene rings is 1. The monoisotopic (exact) mass is 305 g/mol. The first kappa shape index (κ1) is 15.2. The molecule has 1 aromatic rings. The molecule has 0 unspecified atom stereocenters. The molecule has 1 aliphatic carbocycles. The lowest BCUT2D eigenvalue weighted by molar-refractivity contribution is -0.137. The number of hydrogen-bond donors (Lipinski definition) is 0. The van der Waals surface area contributed by atoms with Crippen LogP contribution in [0.4, 0.5) is 13.2 Å². The highest BCUT2D eigenvalue weighted by Gasteiger charge is 2.33. The molecule has 2 nitrogen and oxygen atoms in total. The number of halogens is 4. The summed E-state index contributed by atoms with van der Waals surface area (Å²) in [5.41, 5.74) is -0.736. The van der Waals surface area contributed by atoms with Crippen molar-refractivity contribution in [3.63, 3.8) is 0 Å². The second-order valence-electron chi connectivity index (χ2n) is 4.85. The smallest absolute Gasteiger partial charge is 0.334 e. The summed E-state index contributed by atoms with van der Waals surface area (Å²) in [5.74, 6) is -0.0947. The van der Waals surface area contributed by atoms with E-state index in [1.54, 1.807) is 4.90 Å². The Morgan fingerprint density at radius 1 is 1.35 bits per heavy atom. The molecule has 0 spiro atoms. The van der Waals surface area contributed by atoms with E-state index in [1.807, 2.05) is 0 Å². The molecule has 1 aliphatic rings. The second kappa shape index (κ2) is 6.04. The number of alkyl halides is 4. The maximum atomic E-state index is 12.7. The van der Waals surface area contributed by atoms with E-state index >= 15 is 0 Å². The van der Waals surface area contributed by atoms with Crippen molar-refractivity contribution < 1.29 is 18.0 Å². The van der Waals surface area contributed by atoms with Gasteiger partial charge in [-0.25, -0.2) is 0 Å². The molecule has 0 heterocycles. The highest BCUT2D eigenvalue weighted by molar-refractivity contribution is 6.18. The molecule has 0 N–H and O–H groups in total. The van der Waals surface area contributed by atoms with Crippen molar-refractivity contribution in [1.29, 1.82) is 0 Å². The van der Waals surface area contributed by atoms with Gasteiger partial charge in [0, 0.05) is 24.0 Å². The molecule has 0 aromatic heterocycles. The molecular weight excluding hydrogens is 291 g/mol. The Bertz CT molecular complexity index is 486. The molecule has 1 amide bonds. The Kier molecular flexibility index (Phi) is 4.58. The zero-order valence-corrected chi connectivity index (χ0v) is 11.5. The fourth-order valence-corrected chi connectivity index (χ4v) is 2.42. The summed E-state index contributed by atoms with van der Waals surface area (Å²) in [6.45, 7) is 0.362. The van der Waals surface area contributed by atoms with E-state index in [0.717, 1.165) is 31.4 Å². The number of rotatable bonds is 4. The number of nitrogens with zero attached hydrogens (tertiary/aromatic N) is 1. The van der Waals surface area contributed by atoms with Crippen LogP contribution in [0.1, 0.15) is 35.2 Å². The first-order chi connectivity index (χ1) is 9.43. The van der Waals surface area contributed by atoms with E-state index < -0.39 is 11.7 Å². The lowest BCUT2D eigenvalue weighted by Gasteiger charge is -2.37. The summed E-state index contributed by atoms with van der Waals surface area (Å²) < 4.78 is 38.0. The van der Waals surface area contributed by atoms with Crippen LogP contribution in [0.25, 0.3) is 0 Å². The second-order valence-corrected chi connectivity index (χ2v) is 5.23. The van der Waals surface area contributed by atoms with Gasteiger partial charge in [-0.05, 0) is 37.5 Å². The van der Waals surface area contributed by atoms with E-state index in [-0.39, 0.29) is 23.4 Å². The lowest BCUT2D eigenvalue weighted by Crippen LogP contribution is -2.45. The van der Waals surface area contributed by atoms with Crippen LogP contribution < -0.4 is 0 Å². The fraction of sp³-hybridized carbons (Fsp3) is 0.500. The third kappa shape index (κ3) is 3.26. The van der Waals surface area contributed by atoms with Crippen LogP contribution in [0.5, 0.6) is 0 Å². The summed E-state index contributed by atoms with van der Waals surface area (Å²) >= 11 is 5.68. The van der Waals surface area contributed by atoms with Gasteiger partial charge in [-0.2, -0.15) is 13.2 Å². The maximum Gasteiger partial charge on any atom is 0.416 e. The van der Waals surface area contributed by atoms with Gasteiger partial charge < -0.3 is 4.90 Å². The minimum absolute atomic E-state index is 0.0665. The number of carbonyl (C=O) groups is 1. The van der Waals surface area contributed by atoms with Crippen molar-refractivity contribution in [3.05, 3.63) is 35.4 Å². The Morgan fingerprint density at radius 3 is 2.55 bits per heavy atom. The van der Waals surface area contributed by atoms with Crippen LogP contribution in [0, 0.1) is 0 Å². The zero-order valence-electron chi connectivity index (χ0n) is 10.8. The van der Waals surface area contributed by atoms with E-state index in [9.17, 15) is 18.0 Å². The van der Waals surface area contributed by atoms with Gasteiger partial charge in [0.15, 0.2) is 0 Å². The van der Waals surface area contributed by atoms with Gasteiger partial charge in [-0.3, -0.25) is 4.79 Å². The molecule has 1 fully saturated rings. The predicted molar refractivity (Wildman–Crippen MR) is 70.8 cm³/mol. The summed E-state index contributed by atoms with van der Waals surface area (Å²) in [7, 11) is 0. The van der Waals surface area contributed by atoms with Gasteiger partial charge in [0.25, 0.3) is 5.91 Å². The number of carbonyl (C=O) groups excluding carboxylic acids is 1. The molecule has 110 valence electrons. The molecule has 1 aromatic carbocycles. The van der Waals surface area contributed by atoms with Crippen molar-refractivity contribution in [2.45, 2.75) is 31.5 Å². The molecule has 2 rings (SSSR count). The average molecular weight is 306 g/mol. The predicted octanol–water partition coefficient (Wildman–Crippen LogP) is 3.94. The number of hydrogen-bond acceptors (Lipinski definition) is 1. The quantitative estimate of drug-likeness (QED) is 0.772. The summed E-state index contributed by atoms with van der Waals surface area (Å²) in [4.78, 5) is 13.9. The molecule has 20 heavy (non-hydrogen) atoms. The Balaban J connectivity index is 2.22. The third-order valence-corrected chi connectivity index (χ3v) is 3.71. The molecule has 0 aliphatic heterocycles. The van der Waals surface area contributed by atoms with Crippen LogP contribution >= 0.6 is 11.6 Å². The standard InChI is InChI=1S/C14H15ClF3NO/c15-7-8-19(12-5-2-6-12)13(20)10-3-1-4-11(9-10)14(16,17)18/h1,3-4,9,12H,2,5-8H2. The van der Waals surface area contributed by atoms with Crippen molar-refractivity contribution in [3.8, 4) is 0 Å². The van der Waals surface area contributed by atoms with Crippen molar-refractivity contribution in [2.24, 2.45) is 0 Å². The topological polar surface area (TPSA) is 20.3 Å². The van der Waals surface area contributed by atoms with Crippen LogP contribution in [-0.4, -0.2) is 29.3 Å². The fourth-order valence-electron chi connectivity index (χ4n) is 2.23. The Morgan fingerprint density at radius 2 is 2.05 bits per heavy atom. The molecule has 0 bridgehead atoms. The average Bonchev–Trinajstić information content (AvgIpc) is 2.34. The van der Waals surface area contributed by atoms with Gasteiger partial charge in [-0.15, -0.1) is 11.6 Å². The lowest BCUT2D eigenvalue weighted by atomic mass is 9.91. The van der Waals surface area contributed by atoms with Crippen LogP contribution in [0.3, 0.4) is 0 Å². The minimum Gasteiger partial charge on any atom is -0.334 e. The van der Waals surface area contributed by atoms with Gasteiger partial charge in [0.1, 0.15) is 0 Å². The van der Waals surface area contributed by atoms with E-state index in [2.05, 4.69) is 0 Å². The van der Waals surface area contributed by atoms with E-state index in [0.29, 0.717) is 6.54 Å².